The third-order valence-electron chi connectivity index (χ3n) is 3.24. The number of para-hydroxylation sites is 1. The number of H-pyrrole nitrogens is 1. The second-order valence-electron chi connectivity index (χ2n) is 4.63. The number of aryl methyl sites for hydroxylation is 1. The maximum Gasteiger partial charge on any atom is 0.337 e. The van der Waals surface area contributed by atoms with Gasteiger partial charge in [0.15, 0.2) is 0 Å². The number of aromatic nitrogens is 2. The first-order valence-electron chi connectivity index (χ1n) is 6.08. The van der Waals surface area contributed by atoms with Crippen LogP contribution >= 0.6 is 0 Å². The summed E-state index contributed by atoms with van der Waals surface area (Å²) in [6, 6.07) is 10.2. The Bertz CT molecular complexity index is 821. The molecule has 0 atom stereocenters. The van der Waals surface area contributed by atoms with Crippen LogP contribution in [0.2, 0.25) is 0 Å². The number of carbonyl (C=O) groups is 1. The summed E-state index contributed by atoms with van der Waals surface area (Å²) >= 11 is 0. The van der Waals surface area contributed by atoms with Gasteiger partial charge >= 0.3 is 5.97 Å². The molecule has 2 aromatic carbocycles. The number of phenols is 1. The topological polar surface area (TPSA) is 86.2 Å². The zero-order valence-corrected chi connectivity index (χ0v) is 10.7. The number of carboxylic acids is 1. The molecule has 0 saturated heterocycles. The third kappa shape index (κ3) is 1.80. The van der Waals surface area contributed by atoms with Crippen LogP contribution in [0.15, 0.2) is 36.4 Å². The van der Waals surface area contributed by atoms with E-state index >= 15 is 0 Å². The Morgan fingerprint density at radius 3 is 2.80 bits per heavy atom. The summed E-state index contributed by atoms with van der Waals surface area (Å²) in [5.41, 5.74) is 2.73. The van der Waals surface area contributed by atoms with Crippen LogP contribution in [0, 0.1) is 6.92 Å². The predicted molar refractivity (Wildman–Crippen MR) is 74.9 cm³/mol. The van der Waals surface area contributed by atoms with Gasteiger partial charge in [0.1, 0.15) is 11.4 Å². The number of rotatable bonds is 2. The highest BCUT2D eigenvalue weighted by Crippen LogP contribution is 2.34. The maximum absolute atomic E-state index is 11.2. The Balaban J connectivity index is 2.31. The van der Waals surface area contributed by atoms with Crippen LogP contribution in [-0.2, 0) is 0 Å². The summed E-state index contributed by atoms with van der Waals surface area (Å²) < 4.78 is 0. The molecule has 0 aliphatic heterocycles. The highest BCUT2D eigenvalue weighted by Gasteiger charge is 2.16. The number of aromatic amines is 1. The minimum Gasteiger partial charge on any atom is -0.507 e. The van der Waals surface area contributed by atoms with E-state index < -0.39 is 5.97 Å². The lowest BCUT2D eigenvalue weighted by Gasteiger charge is -2.03. The van der Waals surface area contributed by atoms with Crippen LogP contribution in [0.3, 0.4) is 0 Å². The summed E-state index contributed by atoms with van der Waals surface area (Å²) in [7, 11) is 0. The van der Waals surface area contributed by atoms with Crippen molar-refractivity contribution in [2.45, 2.75) is 6.92 Å². The zero-order chi connectivity index (χ0) is 14.3. The smallest absolute Gasteiger partial charge is 0.337 e. The predicted octanol–water partition coefficient (Wildman–Crippen LogP) is 2.94. The minimum atomic E-state index is -1.01. The molecule has 0 fully saturated rings. The van der Waals surface area contributed by atoms with Gasteiger partial charge < -0.3 is 10.2 Å². The van der Waals surface area contributed by atoms with Crippen molar-refractivity contribution in [3.05, 3.63) is 47.5 Å². The van der Waals surface area contributed by atoms with Crippen molar-refractivity contribution in [1.82, 2.24) is 10.2 Å². The van der Waals surface area contributed by atoms with Crippen molar-refractivity contribution in [3.8, 4) is 17.0 Å². The highest BCUT2D eigenvalue weighted by molar-refractivity contribution is 6.06. The van der Waals surface area contributed by atoms with Crippen molar-refractivity contribution < 1.29 is 15.0 Å². The van der Waals surface area contributed by atoms with E-state index in [2.05, 4.69) is 10.2 Å². The zero-order valence-electron chi connectivity index (χ0n) is 10.7. The number of nitrogens with zero attached hydrogens (tertiary/aromatic N) is 1. The number of benzene rings is 2. The number of hydrogen-bond donors (Lipinski definition) is 3. The van der Waals surface area contributed by atoms with Gasteiger partial charge in [-0.3, -0.25) is 5.10 Å². The first-order chi connectivity index (χ1) is 9.58. The van der Waals surface area contributed by atoms with Crippen LogP contribution in [0.4, 0.5) is 0 Å². The molecule has 0 amide bonds. The molecular formula is C15H12N2O3. The van der Waals surface area contributed by atoms with Crippen molar-refractivity contribution in [1.29, 1.82) is 0 Å². The number of carboxylic acid groups (broad SMARTS) is 1. The largest absolute Gasteiger partial charge is 0.507 e. The normalized spacial score (nSPS) is 10.8. The average molecular weight is 268 g/mol. The Morgan fingerprint density at radius 1 is 1.25 bits per heavy atom. The number of aromatic hydroxyl groups is 1. The maximum atomic E-state index is 11.2. The molecule has 3 aromatic rings. The first kappa shape index (κ1) is 12.2. The fraction of sp³-hybridized carbons (Fsp3) is 0.0667. The molecule has 20 heavy (non-hydrogen) atoms. The number of aromatic carboxylic acids is 1. The molecule has 3 rings (SSSR count). The lowest BCUT2D eigenvalue weighted by atomic mass is 10.0. The Hall–Kier alpha value is -2.82. The summed E-state index contributed by atoms with van der Waals surface area (Å²) in [6.07, 6.45) is 0. The first-order valence-corrected chi connectivity index (χ1v) is 6.08. The summed E-state index contributed by atoms with van der Waals surface area (Å²) in [6.45, 7) is 1.92. The number of hydrogen-bond acceptors (Lipinski definition) is 3. The minimum absolute atomic E-state index is 0.115. The van der Waals surface area contributed by atoms with E-state index in [4.69, 9.17) is 5.11 Å². The fourth-order valence-corrected chi connectivity index (χ4v) is 2.27. The molecule has 0 spiro atoms. The summed E-state index contributed by atoms with van der Waals surface area (Å²) in [4.78, 5) is 11.2. The van der Waals surface area contributed by atoms with Gasteiger partial charge in [0.25, 0.3) is 0 Å². The van der Waals surface area contributed by atoms with Gasteiger partial charge in [-0.05, 0) is 25.1 Å². The number of phenolic OH excluding ortho intramolecular Hbond substituents is 1. The lowest BCUT2D eigenvalue weighted by molar-refractivity contribution is 0.0699. The molecule has 0 saturated carbocycles. The van der Waals surface area contributed by atoms with Gasteiger partial charge in [0, 0.05) is 10.9 Å². The third-order valence-corrected chi connectivity index (χ3v) is 3.24. The molecule has 0 unspecified atom stereocenters. The van der Waals surface area contributed by atoms with Gasteiger partial charge in [-0.1, -0.05) is 23.8 Å². The van der Waals surface area contributed by atoms with Gasteiger partial charge in [-0.15, -0.1) is 0 Å². The van der Waals surface area contributed by atoms with E-state index in [1.807, 2.05) is 13.0 Å². The monoisotopic (exact) mass is 268 g/mol. The molecule has 1 aromatic heterocycles. The van der Waals surface area contributed by atoms with Crippen molar-refractivity contribution in [2.75, 3.05) is 0 Å². The molecule has 0 aliphatic carbocycles. The van der Waals surface area contributed by atoms with E-state index in [1.165, 1.54) is 6.07 Å². The molecule has 0 bridgehead atoms. The van der Waals surface area contributed by atoms with Gasteiger partial charge in [0.05, 0.1) is 11.1 Å². The van der Waals surface area contributed by atoms with Crippen LogP contribution in [0.25, 0.3) is 22.2 Å². The number of fused-ring (bicyclic) bond motifs is 1. The van der Waals surface area contributed by atoms with E-state index in [-0.39, 0.29) is 11.3 Å². The van der Waals surface area contributed by atoms with E-state index in [0.29, 0.717) is 22.2 Å². The van der Waals surface area contributed by atoms with Crippen LogP contribution in [0.5, 0.6) is 5.75 Å². The molecule has 0 radical (unpaired) electrons. The molecular weight excluding hydrogens is 256 g/mol. The van der Waals surface area contributed by atoms with Gasteiger partial charge in [-0.2, -0.15) is 5.10 Å². The van der Waals surface area contributed by atoms with Crippen molar-refractivity contribution in [2.24, 2.45) is 0 Å². The van der Waals surface area contributed by atoms with Crippen molar-refractivity contribution in [3.63, 3.8) is 0 Å². The Kier molecular flexibility index (Phi) is 2.68. The average Bonchev–Trinajstić information content (AvgIpc) is 2.85. The SMILES string of the molecule is Cc1ccc(O)c(-c2n[nH]c3c(C(=O)O)cccc23)c1. The molecule has 5 nitrogen and oxygen atoms in total. The molecule has 0 aliphatic rings. The standard InChI is InChI=1S/C15H12N2O3/c1-8-5-6-12(18)11(7-8)14-9-3-2-4-10(15(19)20)13(9)16-17-14/h2-7,18H,1H3,(H,16,17)(H,19,20). The Morgan fingerprint density at radius 2 is 2.05 bits per heavy atom. The molecule has 5 heteroatoms. The van der Waals surface area contributed by atoms with Crippen LogP contribution < -0.4 is 0 Å². The van der Waals surface area contributed by atoms with Gasteiger partial charge in [0.2, 0.25) is 0 Å². The van der Waals surface area contributed by atoms with E-state index in [9.17, 15) is 9.90 Å². The molecule has 3 N–H and O–H groups in total. The second-order valence-corrected chi connectivity index (χ2v) is 4.63. The number of nitrogens with one attached hydrogen (secondary N) is 1. The lowest BCUT2D eigenvalue weighted by Crippen LogP contribution is -1.96. The summed E-state index contributed by atoms with van der Waals surface area (Å²) in [5.74, 6) is -0.899. The second kappa shape index (κ2) is 4.38. The quantitative estimate of drug-likeness (QED) is 0.667. The molecule has 1 heterocycles. The van der Waals surface area contributed by atoms with Crippen LogP contribution in [-0.4, -0.2) is 26.4 Å². The fourth-order valence-electron chi connectivity index (χ4n) is 2.27. The van der Waals surface area contributed by atoms with Crippen molar-refractivity contribution >= 4 is 16.9 Å². The van der Waals surface area contributed by atoms with Crippen LogP contribution in [0.1, 0.15) is 15.9 Å². The van der Waals surface area contributed by atoms with E-state index in [0.717, 1.165) is 5.56 Å². The highest BCUT2D eigenvalue weighted by atomic mass is 16.4. The van der Waals surface area contributed by atoms with E-state index in [1.54, 1.807) is 24.3 Å². The van der Waals surface area contributed by atoms with Gasteiger partial charge in [-0.25, -0.2) is 4.79 Å². The summed E-state index contributed by atoms with van der Waals surface area (Å²) in [5, 5.41) is 26.7. The Labute approximate surface area is 114 Å². The molecule has 100 valence electrons.